The molecule has 4 rings (SSSR count). The molecule has 2 unspecified atom stereocenters. The molecule has 0 aliphatic carbocycles. The van der Waals surface area contributed by atoms with Crippen molar-refractivity contribution in [2.75, 3.05) is 26.2 Å². The fourth-order valence-corrected chi connectivity index (χ4v) is 6.32. The van der Waals surface area contributed by atoms with E-state index in [1.54, 1.807) is 6.07 Å². The van der Waals surface area contributed by atoms with E-state index in [1.165, 1.54) is 31.4 Å². The van der Waals surface area contributed by atoms with Crippen molar-refractivity contribution in [3.63, 3.8) is 0 Å². The van der Waals surface area contributed by atoms with Gasteiger partial charge in [-0.3, -0.25) is 9.11 Å². The minimum absolute atomic E-state index is 0.0539. The first kappa shape index (κ1) is 35.3. The van der Waals surface area contributed by atoms with Gasteiger partial charge in [0.1, 0.15) is 18.4 Å². The molecule has 0 heterocycles. The van der Waals surface area contributed by atoms with Crippen molar-refractivity contribution >= 4 is 10.8 Å². The van der Waals surface area contributed by atoms with Gasteiger partial charge in [0.15, 0.2) is 0 Å². The largest absolute Gasteiger partial charge is 0.493 e. The number of aliphatic hydroxyl groups excluding tert-OH is 1. The molecule has 0 amide bonds. The Morgan fingerprint density at radius 3 is 2.13 bits per heavy atom. The summed E-state index contributed by atoms with van der Waals surface area (Å²) in [5.74, 6) is -0.504. The SMILES string of the molecule is Cc1c(CN(CC(c2ccccc2)c2ccccc2)C(C)CCOc2cc(F)c(COCO)c(S(C)=O)c2)cccc1C(F)(F)F. The Kier molecular flexibility index (Phi) is 12.5. The quantitative estimate of drug-likeness (QED) is 0.104. The Morgan fingerprint density at radius 2 is 1.57 bits per heavy atom. The molecule has 1 N–H and O–H groups in total. The van der Waals surface area contributed by atoms with Gasteiger partial charge in [-0.1, -0.05) is 72.8 Å². The predicted octanol–water partition coefficient (Wildman–Crippen LogP) is 7.85. The van der Waals surface area contributed by atoms with Gasteiger partial charge in [0, 0.05) is 42.9 Å². The lowest BCUT2D eigenvalue weighted by molar-refractivity contribution is -0.138. The van der Waals surface area contributed by atoms with Crippen LogP contribution in [0.25, 0.3) is 0 Å². The standard InChI is InChI=1S/C36H39F4NO4S/c1-25(17-18-45-30-19-34(37)32(23-44-24-42)35(20-30)46(3)43)41(21-29-15-10-16-33(26(29)2)36(38,39)40)22-31(27-11-6-4-7-12-27)28-13-8-5-9-14-28/h4-16,19-20,25,31,42H,17-18,21-24H2,1-3H3. The lowest BCUT2D eigenvalue weighted by Crippen LogP contribution is -2.37. The van der Waals surface area contributed by atoms with Crippen LogP contribution in [0.2, 0.25) is 0 Å². The number of benzene rings is 4. The zero-order chi connectivity index (χ0) is 33.3. The molecular weight excluding hydrogens is 618 g/mol. The number of nitrogens with zero attached hydrogens (tertiary/aromatic N) is 1. The first-order chi connectivity index (χ1) is 22.0. The molecule has 10 heteroatoms. The van der Waals surface area contributed by atoms with E-state index < -0.39 is 35.1 Å². The maximum absolute atomic E-state index is 14.9. The topological polar surface area (TPSA) is 59.0 Å². The Hall–Kier alpha value is -3.57. The van der Waals surface area contributed by atoms with Crippen molar-refractivity contribution in [3.8, 4) is 5.75 Å². The summed E-state index contributed by atoms with van der Waals surface area (Å²) in [7, 11) is -1.53. The van der Waals surface area contributed by atoms with Gasteiger partial charge in [0.25, 0.3) is 0 Å². The highest BCUT2D eigenvalue weighted by molar-refractivity contribution is 7.84. The molecule has 0 aliphatic rings. The monoisotopic (exact) mass is 657 g/mol. The molecule has 0 aliphatic heterocycles. The molecule has 0 aromatic heterocycles. The summed E-state index contributed by atoms with van der Waals surface area (Å²) in [4.78, 5) is 2.38. The molecule has 5 nitrogen and oxygen atoms in total. The van der Waals surface area contributed by atoms with Crippen LogP contribution < -0.4 is 4.74 Å². The lowest BCUT2D eigenvalue weighted by Gasteiger charge is -2.34. The molecule has 0 spiro atoms. The lowest BCUT2D eigenvalue weighted by atomic mass is 9.90. The Balaban J connectivity index is 1.61. The number of hydrogen-bond acceptors (Lipinski definition) is 5. The second-order valence-electron chi connectivity index (χ2n) is 11.2. The molecule has 246 valence electrons. The van der Waals surface area contributed by atoms with Crippen LogP contribution in [0.4, 0.5) is 17.6 Å². The van der Waals surface area contributed by atoms with Crippen molar-refractivity contribution < 1.29 is 36.4 Å². The van der Waals surface area contributed by atoms with Crippen LogP contribution in [0.15, 0.2) is 95.9 Å². The Labute approximate surface area is 270 Å². The number of rotatable bonds is 15. The Morgan fingerprint density at radius 1 is 0.935 bits per heavy atom. The fourth-order valence-electron chi connectivity index (χ4n) is 5.53. The average Bonchev–Trinajstić information content (AvgIpc) is 3.03. The van der Waals surface area contributed by atoms with Gasteiger partial charge in [-0.15, -0.1) is 0 Å². The number of halogens is 4. The van der Waals surface area contributed by atoms with Crippen molar-refractivity contribution in [2.24, 2.45) is 0 Å². The average molecular weight is 658 g/mol. The third kappa shape index (κ3) is 9.25. The van der Waals surface area contributed by atoms with Gasteiger partial charge in [0.05, 0.1) is 34.5 Å². The molecule has 4 aromatic rings. The van der Waals surface area contributed by atoms with Gasteiger partial charge >= 0.3 is 6.18 Å². The highest BCUT2D eigenvalue weighted by Crippen LogP contribution is 2.34. The number of alkyl halides is 3. The first-order valence-corrected chi connectivity index (χ1v) is 16.5. The van der Waals surface area contributed by atoms with Crippen molar-refractivity contribution in [2.45, 2.75) is 56.5 Å². The zero-order valence-corrected chi connectivity index (χ0v) is 26.9. The number of aliphatic hydroxyl groups is 1. The summed E-state index contributed by atoms with van der Waals surface area (Å²) in [5.41, 5.74) is 2.39. The molecule has 2 atom stereocenters. The van der Waals surface area contributed by atoms with E-state index in [0.29, 0.717) is 18.5 Å². The van der Waals surface area contributed by atoms with Gasteiger partial charge in [-0.25, -0.2) is 4.39 Å². The van der Waals surface area contributed by atoms with Gasteiger partial charge < -0.3 is 14.6 Å². The molecule has 0 radical (unpaired) electrons. The molecular formula is C36H39F4NO4S. The van der Waals surface area contributed by atoms with E-state index in [1.807, 2.05) is 43.3 Å². The van der Waals surface area contributed by atoms with Gasteiger partial charge in [-0.2, -0.15) is 13.2 Å². The third-order valence-corrected chi connectivity index (χ3v) is 9.13. The minimum atomic E-state index is -4.46. The van der Waals surface area contributed by atoms with Crippen LogP contribution in [-0.4, -0.2) is 46.5 Å². The van der Waals surface area contributed by atoms with Gasteiger partial charge in [-0.05, 0) is 54.7 Å². The highest BCUT2D eigenvalue weighted by atomic mass is 32.2. The summed E-state index contributed by atoms with van der Waals surface area (Å²) in [6.07, 6.45) is -2.56. The van der Waals surface area contributed by atoms with Crippen LogP contribution in [0.5, 0.6) is 5.75 Å². The van der Waals surface area contributed by atoms with E-state index in [0.717, 1.165) is 17.2 Å². The molecule has 0 bridgehead atoms. The summed E-state index contributed by atoms with van der Waals surface area (Å²) >= 11 is 0. The van der Waals surface area contributed by atoms with E-state index in [2.05, 4.69) is 29.2 Å². The van der Waals surface area contributed by atoms with E-state index in [9.17, 15) is 21.8 Å². The summed E-state index contributed by atoms with van der Waals surface area (Å²) < 4.78 is 79.5. The van der Waals surface area contributed by atoms with Crippen molar-refractivity contribution in [1.29, 1.82) is 0 Å². The fraction of sp³-hybridized carbons (Fsp3) is 0.333. The Bertz CT molecular complexity index is 1550. The van der Waals surface area contributed by atoms with Crippen LogP contribution in [-0.2, 0) is 34.9 Å². The zero-order valence-electron chi connectivity index (χ0n) is 26.1. The van der Waals surface area contributed by atoms with Crippen molar-refractivity contribution in [1.82, 2.24) is 4.90 Å². The van der Waals surface area contributed by atoms with Crippen LogP contribution in [0.3, 0.4) is 0 Å². The van der Waals surface area contributed by atoms with Crippen LogP contribution in [0.1, 0.15) is 52.6 Å². The summed E-state index contributed by atoms with van der Waals surface area (Å²) in [5, 5.41) is 8.96. The third-order valence-electron chi connectivity index (χ3n) is 8.15. The molecule has 4 aromatic carbocycles. The van der Waals surface area contributed by atoms with E-state index in [-0.39, 0.29) is 53.5 Å². The van der Waals surface area contributed by atoms with E-state index in [4.69, 9.17) is 14.6 Å². The predicted molar refractivity (Wildman–Crippen MR) is 171 cm³/mol. The molecule has 0 fully saturated rings. The number of ether oxygens (including phenoxy) is 2. The normalized spacial score (nSPS) is 13.3. The number of hydrogen-bond donors (Lipinski definition) is 1. The second kappa shape index (κ2) is 16.3. The van der Waals surface area contributed by atoms with Crippen LogP contribution in [0, 0.1) is 12.7 Å². The maximum Gasteiger partial charge on any atom is 0.416 e. The van der Waals surface area contributed by atoms with Crippen molar-refractivity contribution in [3.05, 3.63) is 130 Å². The molecule has 0 saturated heterocycles. The summed E-state index contributed by atoms with van der Waals surface area (Å²) in [6, 6.07) is 26.8. The maximum atomic E-state index is 14.9. The second-order valence-corrected chi connectivity index (χ2v) is 12.5. The molecule has 46 heavy (non-hydrogen) atoms. The highest BCUT2D eigenvalue weighted by Gasteiger charge is 2.33. The van der Waals surface area contributed by atoms with Crippen LogP contribution >= 0.6 is 0 Å². The smallest absolute Gasteiger partial charge is 0.416 e. The van der Waals surface area contributed by atoms with Gasteiger partial charge in [0.2, 0.25) is 0 Å². The van der Waals surface area contributed by atoms with E-state index >= 15 is 0 Å². The first-order valence-electron chi connectivity index (χ1n) is 15.0. The minimum Gasteiger partial charge on any atom is -0.493 e. The summed E-state index contributed by atoms with van der Waals surface area (Å²) in [6.45, 7) is 3.66. The molecule has 0 saturated carbocycles.